The molecule has 1 aliphatic carbocycles. The number of carbonyl (C=O) groups is 2. The van der Waals surface area contributed by atoms with E-state index in [1.165, 1.54) is 0 Å². The van der Waals surface area contributed by atoms with Gasteiger partial charge in [-0.3, -0.25) is 14.3 Å². The van der Waals surface area contributed by atoms with E-state index in [9.17, 15) is 14.7 Å². The molecule has 160 valence electrons. The lowest BCUT2D eigenvalue weighted by Crippen LogP contribution is -2.63. The summed E-state index contributed by atoms with van der Waals surface area (Å²) in [6.07, 6.45) is 6.85. The normalized spacial score (nSPS) is 30.4. The highest BCUT2D eigenvalue weighted by Crippen LogP contribution is 2.40. The fourth-order valence-corrected chi connectivity index (χ4v) is 5.70. The van der Waals surface area contributed by atoms with E-state index in [1.54, 1.807) is 0 Å². The molecule has 3 fully saturated rings. The van der Waals surface area contributed by atoms with Gasteiger partial charge >= 0.3 is 0 Å². The van der Waals surface area contributed by atoms with Crippen LogP contribution in [0.5, 0.6) is 0 Å². The Labute approximate surface area is 173 Å². The molecule has 7 heteroatoms. The maximum atomic E-state index is 13.6. The van der Waals surface area contributed by atoms with Crippen molar-refractivity contribution in [2.45, 2.75) is 95.9 Å². The average Bonchev–Trinajstić information content (AvgIpc) is 3.26. The highest BCUT2D eigenvalue weighted by atomic mass is 16.3. The minimum Gasteiger partial charge on any atom is -0.393 e. The summed E-state index contributed by atoms with van der Waals surface area (Å²) < 4.78 is 1.89. The number of nitrogens with zero attached hydrogens (tertiary/aromatic N) is 4. The van der Waals surface area contributed by atoms with Crippen LogP contribution in [0.15, 0.2) is 6.07 Å². The molecule has 1 atom stereocenters. The Hall–Kier alpha value is -1.89. The van der Waals surface area contributed by atoms with E-state index in [2.05, 4.69) is 5.10 Å². The summed E-state index contributed by atoms with van der Waals surface area (Å²) in [6.45, 7) is 5.99. The molecule has 29 heavy (non-hydrogen) atoms. The summed E-state index contributed by atoms with van der Waals surface area (Å²) in [5.41, 5.74) is 1.38. The molecule has 0 aromatic carbocycles. The third-order valence-electron chi connectivity index (χ3n) is 7.19. The first-order chi connectivity index (χ1) is 13.9. The van der Waals surface area contributed by atoms with E-state index in [0.29, 0.717) is 19.5 Å². The van der Waals surface area contributed by atoms with Crippen LogP contribution in [-0.2, 0) is 16.1 Å². The number of aliphatic hydroxyl groups is 1. The van der Waals surface area contributed by atoms with Gasteiger partial charge in [-0.1, -0.05) is 0 Å². The second kappa shape index (κ2) is 8.09. The molecule has 2 aliphatic heterocycles. The third kappa shape index (κ3) is 3.81. The van der Waals surface area contributed by atoms with Gasteiger partial charge in [0.25, 0.3) is 0 Å². The minimum atomic E-state index is -0.638. The number of hydrogen-bond acceptors (Lipinski definition) is 4. The molecule has 1 N–H and O–H groups in total. The number of amides is 2. The van der Waals surface area contributed by atoms with Gasteiger partial charge in [0.05, 0.1) is 11.8 Å². The number of piperidine rings is 1. The van der Waals surface area contributed by atoms with Crippen molar-refractivity contribution in [2.24, 2.45) is 0 Å². The van der Waals surface area contributed by atoms with Crippen LogP contribution in [0.25, 0.3) is 0 Å². The topological polar surface area (TPSA) is 78.7 Å². The van der Waals surface area contributed by atoms with Crippen LogP contribution < -0.4 is 0 Å². The summed E-state index contributed by atoms with van der Waals surface area (Å²) >= 11 is 0. The highest BCUT2D eigenvalue weighted by Gasteiger charge is 2.53. The van der Waals surface area contributed by atoms with Gasteiger partial charge in [-0.2, -0.15) is 5.10 Å². The molecule has 1 spiro atoms. The summed E-state index contributed by atoms with van der Waals surface area (Å²) in [7, 11) is 0. The number of aryl methyl sites for hydroxylation is 3. The van der Waals surface area contributed by atoms with Crippen LogP contribution in [-0.4, -0.2) is 67.3 Å². The lowest BCUT2D eigenvalue weighted by molar-refractivity contribution is -0.158. The van der Waals surface area contributed by atoms with Crippen LogP contribution in [0.1, 0.15) is 69.2 Å². The predicted octanol–water partition coefficient (Wildman–Crippen LogP) is 2.18. The van der Waals surface area contributed by atoms with Crippen molar-refractivity contribution in [3.8, 4) is 0 Å². The smallest absolute Gasteiger partial charge is 0.248 e. The number of likely N-dealkylation sites (tertiary alicyclic amines) is 2. The molecule has 1 saturated carbocycles. The molecule has 1 aromatic rings. The van der Waals surface area contributed by atoms with Crippen LogP contribution in [0.3, 0.4) is 0 Å². The summed E-state index contributed by atoms with van der Waals surface area (Å²) in [6, 6.07) is 2.24. The monoisotopic (exact) mass is 402 g/mol. The Kier molecular flexibility index (Phi) is 5.69. The Morgan fingerprint density at radius 1 is 1.17 bits per heavy atom. The predicted molar refractivity (Wildman–Crippen MR) is 109 cm³/mol. The van der Waals surface area contributed by atoms with Crippen molar-refractivity contribution in [2.75, 3.05) is 13.1 Å². The van der Waals surface area contributed by atoms with Crippen LogP contribution in [0, 0.1) is 13.8 Å². The molecular formula is C22H34N4O3. The maximum absolute atomic E-state index is 13.6. The van der Waals surface area contributed by atoms with Crippen LogP contribution in [0.4, 0.5) is 0 Å². The zero-order valence-electron chi connectivity index (χ0n) is 17.8. The Morgan fingerprint density at radius 3 is 2.52 bits per heavy atom. The Morgan fingerprint density at radius 2 is 1.86 bits per heavy atom. The first-order valence-corrected chi connectivity index (χ1v) is 11.2. The number of rotatable bonds is 4. The van der Waals surface area contributed by atoms with E-state index < -0.39 is 5.54 Å². The number of carbonyl (C=O) groups excluding carboxylic acids is 2. The van der Waals surface area contributed by atoms with Crippen molar-refractivity contribution < 1.29 is 14.7 Å². The van der Waals surface area contributed by atoms with Crippen molar-refractivity contribution in [1.29, 1.82) is 0 Å². The zero-order valence-corrected chi connectivity index (χ0v) is 17.8. The molecule has 7 nitrogen and oxygen atoms in total. The Balaban J connectivity index is 1.46. The van der Waals surface area contributed by atoms with E-state index in [-0.39, 0.29) is 24.0 Å². The van der Waals surface area contributed by atoms with Gasteiger partial charge in [0.2, 0.25) is 11.8 Å². The van der Waals surface area contributed by atoms with Crippen molar-refractivity contribution in [3.63, 3.8) is 0 Å². The third-order valence-corrected chi connectivity index (χ3v) is 7.19. The second-order valence-corrected chi connectivity index (χ2v) is 9.15. The molecule has 0 bridgehead atoms. The molecule has 1 unspecified atom stereocenters. The van der Waals surface area contributed by atoms with Crippen molar-refractivity contribution in [1.82, 2.24) is 19.6 Å². The van der Waals surface area contributed by atoms with Gasteiger partial charge in [0, 0.05) is 37.8 Å². The number of aromatic nitrogens is 2. The molecule has 3 heterocycles. The molecular weight excluding hydrogens is 368 g/mol. The minimum absolute atomic E-state index is 0.0734. The van der Waals surface area contributed by atoms with Crippen LogP contribution >= 0.6 is 0 Å². The lowest BCUT2D eigenvalue weighted by Gasteiger charge is -2.48. The Bertz CT molecular complexity index is 768. The first kappa shape index (κ1) is 20.4. The van der Waals surface area contributed by atoms with E-state index in [0.717, 1.165) is 69.3 Å². The standard InChI is InChI=1S/C22H34N4O3/c1-16-15-17(2)26(23-16)14-9-20(28)25-13-4-11-22(25)10-3-12-24(21(22)29)18-5-7-19(27)8-6-18/h15,18-19,27H,3-14H2,1-2H3. The van der Waals surface area contributed by atoms with Crippen LogP contribution in [0.2, 0.25) is 0 Å². The van der Waals surface area contributed by atoms with Gasteiger partial charge in [-0.05, 0) is 71.3 Å². The van der Waals surface area contributed by atoms with E-state index in [1.807, 2.05) is 34.4 Å². The molecule has 4 rings (SSSR count). The number of hydrogen-bond donors (Lipinski definition) is 1. The number of aliphatic hydroxyl groups excluding tert-OH is 1. The van der Waals surface area contributed by atoms with E-state index in [4.69, 9.17) is 0 Å². The molecule has 1 aromatic heterocycles. The average molecular weight is 403 g/mol. The fourth-order valence-electron chi connectivity index (χ4n) is 5.70. The first-order valence-electron chi connectivity index (χ1n) is 11.2. The van der Waals surface area contributed by atoms with E-state index >= 15 is 0 Å². The van der Waals surface area contributed by atoms with Gasteiger partial charge in [-0.25, -0.2) is 0 Å². The van der Waals surface area contributed by atoms with Gasteiger partial charge in [-0.15, -0.1) is 0 Å². The fraction of sp³-hybridized carbons (Fsp3) is 0.773. The van der Waals surface area contributed by atoms with Gasteiger partial charge < -0.3 is 14.9 Å². The quantitative estimate of drug-likeness (QED) is 0.837. The van der Waals surface area contributed by atoms with Gasteiger partial charge in [0.15, 0.2) is 0 Å². The van der Waals surface area contributed by atoms with Gasteiger partial charge in [0.1, 0.15) is 5.54 Å². The SMILES string of the molecule is Cc1cc(C)n(CCC(=O)N2CCCC23CCCN(C2CCC(O)CC2)C3=O)n1. The highest BCUT2D eigenvalue weighted by molar-refractivity contribution is 5.93. The molecule has 2 saturated heterocycles. The largest absolute Gasteiger partial charge is 0.393 e. The molecule has 3 aliphatic rings. The van der Waals surface area contributed by atoms with Crippen molar-refractivity contribution >= 4 is 11.8 Å². The zero-order chi connectivity index (χ0) is 20.6. The summed E-state index contributed by atoms with van der Waals surface area (Å²) in [5, 5.41) is 14.3. The molecule has 0 radical (unpaired) electrons. The second-order valence-electron chi connectivity index (χ2n) is 9.15. The summed E-state index contributed by atoms with van der Waals surface area (Å²) in [5.74, 6) is 0.228. The van der Waals surface area contributed by atoms with Crippen molar-refractivity contribution in [3.05, 3.63) is 17.5 Å². The maximum Gasteiger partial charge on any atom is 0.248 e. The summed E-state index contributed by atoms with van der Waals surface area (Å²) in [4.78, 5) is 30.7. The lowest BCUT2D eigenvalue weighted by atomic mass is 9.82. The molecule has 2 amide bonds.